The lowest BCUT2D eigenvalue weighted by Crippen LogP contribution is -2.46. The van der Waals surface area contributed by atoms with E-state index in [0.29, 0.717) is 45.2 Å². The highest BCUT2D eigenvalue weighted by Crippen LogP contribution is 2.36. The van der Waals surface area contributed by atoms with E-state index in [4.69, 9.17) is 14.5 Å². The van der Waals surface area contributed by atoms with Crippen LogP contribution in [0.5, 0.6) is 0 Å². The van der Waals surface area contributed by atoms with E-state index in [0.717, 1.165) is 25.9 Å². The van der Waals surface area contributed by atoms with Crippen LogP contribution in [0.4, 0.5) is 0 Å². The average molecular weight is 378 g/mol. The number of aliphatic hydroxyl groups is 1. The summed E-state index contributed by atoms with van der Waals surface area (Å²) in [4.78, 5) is 35.2. The molecule has 1 rings (SSSR count). The van der Waals surface area contributed by atoms with Gasteiger partial charge in [0, 0.05) is 32.8 Å². The predicted octanol–water partition coefficient (Wildman–Crippen LogP) is 1.26. The van der Waals surface area contributed by atoms with Crippen molar-refractivity contribution in [3.63, 3.8) is 0 Å². The second-order valence-electron chi connectivity index (χ2n) is 6.41. The number of likely N-dealkylation sites (tertiary alicyclic amines) is 1. The third kappa shape index (κ3) is 9.35. The Kier molecular flexibility index (Phi) is 10.3. The summed E-state index contributed by atoms with van der Waals surface area (Å²) in [6.45, 7) is 2.60. The summed E-state index contributed by atoms with van der Waals surface area (Å²) >= 11 is 0. The maximum atomic E-state index is 12.3. The number of amides is 2. The fourth-order valence-electron chi connectivity index (χ4n) is 2.84. The zero-order valence-electron chi connectivity index (χ0n) is 15.0. The van der Waals surface area contributed by atoms with Crippen LogP contribution in [-0.4, -0.2) is 65.7 Å². The first-order chi connectivity index (χ1) is 11.8. The highest BCUT2D eigenvalue weighted by Gasteiger charge is 2.33. The van der Waals surface area contributed by atoms with Crippen LogP contribution in [0.2, 0.25) is 0 Å². The first-order valence-electron chi connectivity index (χ1n) is 8.98. The molecule has 0 radical (unpaired) electrons. The van der Waals surface area contributed by atoms with Crippen molar-refractivity contribution in [3.05, 3.63) is 0 Å². The number of carbonyl (C=O) groups is 2. The van der Waals surface area contributed by atoms with E-state index < -0.39 is 7.60 Å². The molecule has 1 saturated heterocycles. The van der Waals surface area contributed by atoms with E-state index in [1.54, 1.807) is 4.90 Å². The molecule has 25 heavy (non-hydrogen) atoms. The molecule has 0 aliphatic carbocycles. The molecule has 0 saturated carbocycles. The normalized spacial score (nSPS) is 19.6. The fraction of sp³-hybridized carbons (Fsp3) is 0.875. The van der Waals surface area contributed by atoms with Crippen LogP contribution < -0.4 is 5.32 Å². The van der Waals surface area contributed by atoms with Crippen LogP contribution >= 0.6 is 7.60 Å². The molecule has 0 aromatic carbocycles. The third-order valence-corrected chi connectivity index (χ3v) is 4.79. The number of hydrogen-bond donors (Lipinski definition) is 3. The molecule has 9 heteroatoms. The molecule has 2 atom stereocenters. The molecule has 0 aromatic rings. The Bertz CT molecular complexity index is 468. The monoisotopic (exact) mass is 378 g/mol. The molecule has 146 valence electrons. The standard InChI is InChI=1S/C16H31N2O6P/c1-25(22,23)24-13-6-2-3-9-15(20)18-11-7-8-14(18)16(21)17-10-4-5-12-19/h14,19H,2-13H2,1H3,(H,17,21)(H,22,23)/t14-/m0/s1. The summed E-state index contributed by atoms with van der Waals surface area (Å²) in [6.07, 6.45) is 5.30. The Labute approximate surface area is 149 Å². The van der Waals surface area contributed by atoms with Crippen LogP contribution in [0.3, 0.4) is 0 Å². The van der Waals surface area contributed by atoms with Crippen LogP contribution in [0.25, 0.3) is 0 Å². The Morgan fingerprint density at radius 3 is 2.68 bits per heavy atom. The first kappa shape index (κ1) is 22.1. The molecule has 1 fully saturated rings. The molecule has 1 aliphatic heterocycles. The summed E-state index contributed by atoms with van der Waals surface area (Å²) in [6, 6.07) is -0.384. The topological polar surface area (TPSA) is 116 Å². The quantitative estimate of drug-likeness (QED) is 0.348. The van der Waals surface area contributed by atoms with Gasteiger partial charge in [0.1, 0.15) is 6.04 Å². The number of nitrogens with zero attached hydrogens (tertiary/aromatic N) is 1. The lowest BCUT2D eigenvalue weighted by molar-refractivity contribution is -0.138. The van der Waals surface area contributed by atoms with Crippen molar-refractivity contribution in [2.45, 2.75) is 57.4 Å². The maximum Gasteiger partial charge on any atom is 0.325 e. The number of rotatable bonds is 12. The molecule has 1 unspecified atom stereocenters. The Hall–Kier alpha value is -0.950. The van der Waals surface area contributed by atoms with Gasteiger partial charge in [-0.15, -0.1) is 0 Å². The maximum absolute atomic E-state index is 12.3. The Balaban J connectivity index is 2.24. The number of carbonyl (C=O) groups excluding carboxylic acids is 2. The van der Waals surface area contributed by atoms with E-state index in [2.05, 4.69) is 5.32 Å². The van der Waals surface area contributed by atoms with Gasteiger partial charge in [-0.2, -0.15) is 0 Å². The zero-order valence-corrected chi connectivity index (χ0v) is 15.9. The first-order valence-corrected chi connectivity index (χ1v) is 11.0. The van der Waals surface area contributed by atoms with Crippen molar-refractivity contribution in [2.75, 3.05) is 33.0 Å². The number of nitrogens with one attached hydrogen (secondary N) is 1. The van der Waals surface area contributed by atoms with Crippen molar-refractivity contribution in [1.82, 2.24) is 10.2 Å². The van der Waals surface area contributed by atoms with Gasteiger partial charge in [0.05, 0.1) is 6.61 Å². The van der Waals surface area contributed by atoms with Gasteiger partial charge in [0.25, 0.3) is 0 Å². The van der Waals surface area contributed by atoms with Gasteiger partial charge in [-0.1, -0.05) is 6.42 Å². The van der Waals surface area contributed by atoms with Crippen molar-refractivity contribution in [2.24, 2.45) is 0 Å². The van der Waals surface area contributed by atoms with Gasteiger partial charge in [0.2, 0.25) is 11.8 Å². The highest BCUT2D eigenvalue weighted by molar-refractivity contribution is 7.51. The molecule has 0 aromatic heterocycles. The van der Waals surface area contributed by atoms with Gasteiger partial charge in [-0.05, 0) is 38.5 Å². The van der Waals surface area contributed by atoms with Crippen molar-refractivity contribution >= 4 is 19.4 Å². The molecule has 8 nitrogen and oxygen atoms in total. The average Bonchev–Trinajstić information content (AvgIpc) is 3.03. The predicted molar refractivity (Wildman–Crippen MR) is 94.2 cm³/mol. The molecule has 1 heterocycles. The fourth-order valence-corrected chi connectivity index (χ4v) is 3.30. The number of aliphatic hydroxyl groups excluding tert-OH is 1. The second kappa shape index (κ2) is 11.6. The minimum Gasteiger partial charge on any atom is -0.396 e. The van der Waals surface area contributed by atoms with E-state index >= 15 is 0 Å². The zero-order chi connectivity index (χ0) is 18.7. The smallest absolute Gasteiger partial charge is 0.325 e. The van der Waals surface area contributed by atoms with Crippen LogP contribution in [0.1, 0.15) is 51.4 Å². The summed E-state index contributed by atoms with van der Waals surface area (Å²) < 4.78 is 15.7. The Morgan fingerprint density at radius 1 is 1.24 bits per heavy atom. The van der Waals surface area contributed by atoms with Crippen molar-refractivity contribution in [1.29, 1.82) is 0 Å². The van der Waals surface area contributed by atoms with Gasteiger partial charge < -0.3 is 24.7 Å². The third-order valence-electron chi connectivity index (χ3n) is 4.13. The van der Waals surface area contributed by atoms with E-state index in [9.17, 15) is 14.2 Å². The molecule has 3 N–H and O–H groups in total. The minimum atomic E-state index is -3.42. The van der Waals surface area contributed by atoms with Crippen molar-refractivity contribution < 1.29 is 28.7 Å². The van der Waals surface area contributed by atoms with Gasteiger partial charge in [0.15, 0.2) is 0 Å². The Morgan fingerprint density at radius 2 is 2.00 bits per heavy atom. The summed E-state index contributed by atoms with van der Waals surface area (Å²) in [7, 11) is -3.42. The molecular weight excluding hydrogens is 347 g/mol. The van der Waals surface area contributed by atoms with Gasteiger partial charge in [-0.3, -0.25) is 14.2 Å². The molecule has 0 spiro atoms. The van der Waals surface area contributed by atoms with E-state index in [1.807, 2.05) is 0 Å². The van der Waals surface area contributed by atoms with Gasteiger partial charge in [-0.25, -0.2) is 0 Å². The summed E-state index contributed by atoms with van der Waals surface area (Å²) in [5.41, 5.74) is 0. The minimum absolute atomic E-state index is 0.0164. The van der Waals surface area contributed by atoms with Crippen molar-refractivity contribution in [3.8, 4) is 0 Å². The number of hydrogen-bond acceptors (Lipinski definition) is 5. The second-order valence-corrected chi connectivity index (χ2v) is 8.28. The lowest BCUT2D eigenvalue weighted by Gasteiger charge is -2.24. The molecule has 1 aliphatic rings. The molecular formula is C16H31N2O6P. The number of unbranched alkanes of at least 4 members (excludes halogenated alkanes) is 3. The molecule has 2 amide bonds. The van der Waals surface area contributed by atoms with Crippen LogP contribution in [0, 0.1) is 0 Å². The largest absolute Gasteiger partial charge is 0.396 e. The van der Waals surface area contributed by atoms with E-state index in [-0.39, 0.29) is 31.1 Å². The van der Waals surface area contributed by atoms with Crippen LogP contribution in [0.15, 0.2) is 0 Å². The summed E-state index contributed by atoms with van der Waals surface area (Å²) in [5.74, 6) is -0.129. The lowest BCUT2D eigenvalue weighted by atomic mass is 10.1. The summed E-state index contributed by atoms with van der Waals surface area (Å²) in [5, 5.41) is 11.6. The van der Waals surface area contributed by atoms with E-state index in [1.165, 1.54) is 0 Å². The van der Waals surface area contributed by atoms with Gasteiger partial charge >= 0.3 is 7.60 Å². The highest BCUT2D eigenvalue weighted by atomic mass is 31.2. The van der Waals surface area contributed by atoms with Crippen LogP contribution in [-0.2, 0) is 18.7 Å². The SMILES string of the molecule is CP(=O)(O)OCCCCCC(=O)N1CCC[C@H]1C(=O)NCCCCO. The molecule has 0 bridgehead atoms.